The van der Waals surface area contributed by atoms with Gasteiger partial charge in [0.25, 0.3) is 0 Å². The van der Waals surface area contributed by atoms with Gasteiger partial charge in [0.2, 0.25) is 0 Å². The van der Waals surface area contributed by atoms with Crippen molar-refractivity contribution in [1.29, 1.82) is 0 Å². The first kappa shape index (κ1) is 9.64. The Balaban J connectivity index is 2.73. The smallest absolute Gasteiger partial charge is 0.149 e. The van der Waals surface area contributed by atoms with Crippen LogP contribution in [0.2, 0.25) is 0 Å². The molecule has 4 nitrogen and oxygen atoms in total. The fourth-order valence-electron chi connectivity index (χ4n) is 0.921. The first-order valence-corrected chi connectivity index (χ1v) is 4.42. The first-order valence-electron chi connectivity index (χ1n) is 4.42. The second-order valence-electron chi connectivity index (χ2n) is 3.12. The summed E-state index contributed by atoms with van der Waals surface area (Å²) in [7, 11) is 0. The lowest BCUT2D eigenvalue weighted by atomic mass is 10.2. The van der Waals surface area contributed by atoms with Crippen LogP contribution in [0.15, 0.2) is 12.1 Å². The van der Waals surface area contributed by atoms with Gasteiger partial charge in [0, 0.05) is 6.04 Å². The number of pyridine rings is 1. The van der Waals surface area contributed by atoms with Crippen molar-refractivity contribution in [3.8, 4) is 0 Å². The van der Waals surface area contributed by atoms with E-state index in [9.17, 15) is 0 Å². The van der Waals surface area contributed by atoms with Gasteiger partial charge in [0.1, 0.15) is 11.6 Å². The molecule has 0 aromatic carbocycles. The van der Waals surface area contributed by atoms with Crippen LogP contribution in [-0.2, 0) is 0 Å². The molecule has 72 valence electrons. The molecule has 1 rings (SSSR count). The quantitative estimate of drug-likeness (QED) is 0.658. The van der Waals surface area contributed by atoms with Gasteiger partial charge in [0.15, 0.2) is 0 Å². The normalized spacial score (nSPS) is 12.5. The van der Waals surface area contributed by atoms with Crippen molar-refractivity contribution >= 4 is 17.3 Å². The van der Waals surface area contributed by atoms with Crippen molar-refractivity contribution in [1.82, 2.24) is 4.98 Å². The Kier molecular flexibility index (Phi) is 2.95. The predicted octanol–water partition coefficient (Wildman–Crippen LogP) is 1.46. The van der Waals surface area contributed by atoms with Gasteiger partial charge in [-0.3, -0.25) is 0 Å². The average molecular weight is 180 g/mol. The number of hydrogen-bond donors (Lipinski definition) is 3. The standard InChI is InChI=1S/C9H16N4/c1-3-6(2)12-8-5-4-7(10)9(11)13-8/h4-6H,3,10H2,1-2H3,(H3,11,12,13). The van der Waals surface area contributed by atoms with Gasteiger partial charge in [-0.2, -0.15) is 0 Å². The Morgan fingerprint density at radius 1 is 1.46 bits per heavy atom. The number of hydrogen-bond acceptors (Lipinski definition) is 4. The molecule has 1 aromatic rings. The van der Waals surface area contributed by atoms with E-state index in [1.807, 2.05) is 6.07 Å². The van der Waals surface area contributed by atoms with Crippen LogP contribution >= 0.6 is 0 Å². The molecule has 13 heavy (non-hydrogen) atoms. The molecule has 0 bridgehead atoms. The second kappa shape index (κ2) is 3.98. The highest BCUT2D eigenvalue weighted by Gasteiger charge is 2.01. The van der Waals surface area contributed by atoms with Crippen molar-refractivity contribution in [2.75, 3.05) is 16.8 Å². The van der Waals surface area contributed by atoms with Crippen LogP contribution in [0.4, 0.5) is 17.3 Å². The molecule has 0 aliphatic rings. The van der Waals surface area contributed by atoms with Crippen LogP contribution in [0.5, 0.6) is 0 Å². The molecular weight excluding hydrogens is 164 g/mol. The van der Waals surface area contributed by atoms with E-state index in [4.69, 9.17) is 11.5 Å². The van der Waals surface area contributed by atoms with E-state index in [1.165, 1.54) is 0 Å². The highest BCUT2D eigenvalue weighted by atomic mass is 15.0. The molecule has 0 saturated heterocycles. The van der Waals surface area contributed by atoms with E-state index in [1.54, 1.807) is 6.07 Å². The van der Waals surface area contributed by atoms with Crippen LogP contribution in [-0.4, -0.2) is 11.0 Å². The third-order valence-corrected chi connectivity index (χ3v) is 1.96. The molecule has 1 aromatic heterocycles. The maximum Gasteiger partial charge on any atom is 0.149 e. The zero-order chi connectivity index (χ0) is 9.84. The number of nitrogens with one attached hydrogen (secondary N) is 1. The summed E-state index contributed by atoms with van der Waals surface area (Å²) >= 11 is 0. The summed E-state index contributed by atoms with van der Waals surface area (Å²) in [6.45, 7) is 4.20. The first-order chi connectivity index (χ1) is 6.13. The second-order valence-corrected chi connectivity index (χ2v) is 3.12. The SMILES string of the molecule is CCC(C)Nc1ccc(N)c(N)n1. The Hall–Kier alpha value is -1.45. The Bertz CT molecular complexity index is 285. The fourth-order valence-corrected chi connectivity index (χ4v) is 0.921. The van der Waals surface area contributed by atoms with Crippen LogP contribution in [0.3, 0.4) is 0 Å². The lowest BCUT2D eigenvalue weighted by molar-refractivity contribution is 0.759. The van der Waals surface area contributed by atoms with Crippen molar-refractivity contribution in [2.24, 2.45) is 0 Å². The Morgan fingerprint density at radius 2 is 2.15 bits per heavy atom. The fraction of sp³-hybridized carbons (Fsp3) is 0.444. The topological polar surface area (TPSA) is 77.0 Å². The van der Waals surface area contributed by atoms with Gasteiger partial charge < -0.3 is 16.8 Å². The van der Waals surface area contributed by atoms with E-state index in [2.05, 4.69) is 24.1 Å². The van der Waals surface area contributed by atoms with Crippen molar-refractivity contribution < 1.29 is 0 Å². The highest BCUT2D eigenvalue weighted by Crippen LogP contribution is 2.15. The molecule has 0 amide bonds. The number of rotatable bonds is 3. The lowest BCUT2D eigenvalue weighted by Crippen LogP contribution is -2.15. The van der Waals surface area contributed by atoms with E-state index in [0.29, 0.717) is 17.5 Å². The van der Waals surface area contributed by atoms with E-state index >= 15 is 0 Å². The lowest BCUT2D eigenvalue weighted by Gasteiger charge is -2.12. The molecule has 1 unspecified atom stereocenters. The molecule has 4 heteroatoms. The van der Waals surface area contributed by atoms with Gasteiger partial charge >= 0.3 is 0 Å². The molecule has 0 saturated carbocycles. The summed E-state index contributed by atoms with van der Waals surface area (Å²) in [5.41, 5.74) is 11.6. The monoisotopic (exact) mass is 180 g/mol. The minimum atomic E-state index is 0.383. The molecule has 0 spiro atoms. The zero-order valence-electron chi connectivity index (χ0n) is 8.04. The van der Waals surface area contributed by atoms with E-state index in [0.717, 1.165) is 12.2 Å². The molecular formula is C9H16N4. The Morgan fingerprint density at radius 3 is 2.69 bits per heavy atom. The summed E-state index contributed by atoms with van der Waals surface area (Å²) in [5, 5.41) is 3.21. The minimum Gasteiger partial charge on any atom is -0.396 e. The maximum atomic E-state index is 5.56. The van der Waals surface area contributed by atoms with Crippen LogP contribution in [0, 0.1) is 0 Å². The van der Waals surface area contributed by atoms with E-state index < -0.39 is 0 Å². The third-order valence-electron chi connectivity index (χ3n) is 1.96. The predicted molar refractivity (Wildman–Crippen MR) is 56.4 cm³/mol. The molecule has 5 N–H and O–H groups in total. The van der Waals surface area contributed by atoms with Crippen molar-refractivity contribution in [2.45, 2.75) is 26.3 Å². The maximum absolute atomic E-state index is 5.56. The largest absolute Gasteiger partial charge is 0.396 e. The molecule has 1 atom stereocenters. The minimum absolute atomic E-state index is 0.383. The molecule has 0 aliphatic heterocycles. The Labute approximate surface area is 78.3 Å². The number of nitrogens with zero attached hydrogens (tertiary/aromatic N) is 1. The van der Waals surface area contributed by atoms with Crippen LogP contribution < -0.4 is 16.8 Å². The van der Waals surface area contributed by atoms with Crippen LogP contribution in [0.1, 0.15) is 20.3 Å². The average Bonchev–Trinajstić information content (AvgIpc) is 2.11. The van der Waals surface area contributed by atoms with Crippen molar-refractivity contribution in [3.05, 3.63) is 12.1 Å². The summed E-state index contributed by atoms with van der Waals surface area (Å²) in [4.78, 5) is 4.10. The number of nitrogens with two attached hydrogens (primary N) is 2. The highest BCUT2D eigenvalue weighted by molar-refractivity contribution is 5.61. The summed E-state index contributed by atoms with van der Waals surface area (Å²) in [5.74, 6) is 1.16. The van der Waals surface area contributed by atoms with Gasteiger partial charge in [0.05, 0.1) is 5.69 Å². The van der Waals surface area contributed by atoms with Crippen LogP contribution in [0.25, 0.3) is 0 Å². The van der Waals surface area contributed by atoms with Gasteiger partial charge in [-0.15, -0.1) is 0 Å². The third kappa shape index (κ3) is 2.50. The number of anilines is 3. The van der Waals surface area contributed by atoms with Gasteiger partial charge in [-0.05, 0) is 25.5 Å². The molecule has 0 radical (unpaired) electrons. The van der Waals surface area contributed by atoms with Gasteiger partial charge in [-0.25, -0.2) is 4.98 Å². The van der Waals surface area contributed by atoms with Crippen molar-refractivity contribution in [3.63, 3.8) is 0 Å². The summed E-state index contributed by atoms with van der Waals surface area (Å²) < 4.78 is 0. The molecule has 0 fully saturated rings. The number of aromatic nitrogens is 1. The molecule has 0 aliphatic carbocycles. The number of nitrogen functional groups attached to an aromatic ring is 2. The van der Waals surface area contributed by atoms with E-state index in [-0.39, 0.29) is 0 Å². The zero-order valence-corrected chi connectivity index (χ0v) is 8.04. The molecule has 1 heterocycles. The van der Waals surface area contributed by atoms with Gasteiger partial charge in [-0.1, -0.05) is 6.92 Å². The summed E-state index contributed by atoms with van der Waals surface area (Å²) in [6.07, 6.45) is 1.05. The summed E-state index contributed by atoms with van der Waals surface area (Å²) in [6, 6.07) is 3.99.